The number of amides is 1. The number of carbonyl (C=O) groups is 1. The normalized spacial score (nSPS) is 11.4. The summed E-state index contributed by atoms with van der Waals surface area (Å²) in [6.07, 6.45) is 0.610. The first-order valence-corrected chi connectivity index (χ1v) is 9.96. The van der Waals surface area contributed by atoms with Crippen molar-refractivity contribution in [3.05, 3.63) is 89.3 Å². The van der Waals surface area contributed by atoms with Gasteiger partial charge < -0.3 is 14.5 Å². The lowest BCUT2D eigenvalue weighted by Crippen LogP contribution is -2.42. The number of ether oxygens (including phenoxy) is 1. The molecule has 1 heterocycles. The number of fused-ring (bicyclic) bond motifs is 1. The monoisotopic (exact) mass is 420 g/mol. The maximum absolute atomic E-state index is 12.8. The Hall–Kier alpha value is -3.31. The summed E-state index contributed by atoms with van der Waals surface area (Å²) < 4.78 is 11.7. The van der Waals surface area contributed by atoms with Gasteiger partial charge in [-0.1, -0.05) is 41.9 Å². The Morgan fingerprint density at radius 3 is 2.53 bits per heavy atom. The summed E-state index contributed by atoms with van der Waals surface area (Å²) in [5, 5.41) is 3.50. The van der Waals surface area contributed by atoms with E-state index < -0.39 is 5.60 Å². The molecular formula is C24H21ClN2O3. The number of hydrogen-bond donors (Lipinski definition) is 1. The van der Waals surface area contributed by atoms with Gasteiger partial charge in [0.1, 0.15) is 11.3 Å². The number of anilines is 1. The molecule has 0 fully saturated rings. The Kier molecular flexibility index (Phi) is 5.46. The van der Waals surface area contributed by atoms with Crippen LogP contribution in [0.5, 0.6) is 5.75 Å². The van der Waals surface area contributed by atoms with Crippen LogP contribution < -0.4 is 10.1 Å². The molecule has 4 rings (SSSR count). The average Bonchev–Trinajstić information content (AvgIpc) is 3.12. The van der Waals surface area contributed by atoms with E-state index in [0.717, 1.165) is 5.56 Å². The van der Waals surface area contributed by atoms with Gasteiger partial charge in [-0.3, -0.25) is 4.79 Å². The number of halogens is 1. The predicted octanol–water partition coefficient (Wildman–Crippen LogP) is 5.87. The molecule has 3 aromatic carbocycles. The van der Waals surface area contributed by atoms with Crippen LogP contribution in [0.1, 0.15) is 25.3 Å². The molecule has 0 aliphatic heterocycles. The molecule has 30 heavy (non-hydrogen) atoms. The Morgan fingerprint density at radius 1 is 1.07 bits per heavy atom. The molecule has 0 aliphatic rings. The smallest absolute Gasteiger partial charge is 0.267 e. The zero-order chi connectivity index (χ0) is 21.1. The van der Waals surface area contributed by atoms with E-state index in [1.54, 1.807) is 56.3 Å². The number of benzene rings is 3. The fourth-order valence-corrected chi connectivity index (χ4v) is 3.15. The van der Waals surface area contributed by atoms with Gasteiger partial charge in [0.05, 0.1) is 0 Å². The SMILES string of the molecule is CC(C)(Oc1ccc(Cl)cc1)C(=O)Nc1ccc2oc(Cc3ccccc3)nc2c1. The number of nitrogens with one attached hydrogen (secondary N) is 1. The van der Waals surface area contributed by atoms with Crippen LogP contribution >= 0.6 is 11.6 Å². The second-order valence-corrected chi connectivity index (χ2v) is 7.91. The average molecular weight is 421 g/mol. The highest BCUT2D eigenvalue weighted by molar-refractivity contribution is 6.30. The molecule has 0 radical (unpaired) electrons. The predicted molar refractivity (Wildman–Crippen MR) is 118 cm³/mol. The maximum atomic E-state index is 12.8. The van der Waals surface area contributed by atoms with Gasteiger partial charge in [-0.15, -0.1) is 0 Å². The summed E-state index contributed by atoms with van der Waals surface area (Å²) in [5.74, 6) is 0.924. The van der Waals surface area contributed by atoms with Crippen LogP contribution in [-0.2, 0) is 11.2 Å². The lowest BCUT2D eigenvalue weighted by Gasteiger charge is -2.25. The molecule has 0 atom stereocenters. The van der Waals surface area contributed by atoms with Gasteiger partial charge in [0.25, 0.3) is 5.91 Å². The first-order valence-electron chi connectivity index (χ1n) is 9.58. The standard InChI is InChI=1S/C24H21ClN2O3/c1-24(2,30-19-11-8-17(25)9-12-19)23(28)26-18-10-13-21-20(15-18)27-22(29-21)14-16-6-4-3-5-7-16/h3-13,15H,14H2,1-2H3,(H,26,28). The minimum absolute atomic E-state index is 0.273. The van der Waals surface area contributed by atoms with Crippen molar-refractivity contribution in [1.82, 2.24) is 4.98 Å². The Morgan fingerprint density at radius 2 is 1.80 bits per heavy atom. The number of oxazole rings is 1. The molecule has 152 valence electrons. The third-order valence-electron chi connectivity index (χ3n) is 4.62. The molecule has 0 aliphatic carbocycles. The Balaban J connectivity index is 1.47. The fourth-order valence-electron chi connectivity index (χ4n) is 3.02. The quantitative estimate of drug-likeness (QED) is 0.423. The second kappa shape index (κ2) is 8.20. The summed E-state index contributed by atoms with van der Waals surface area (Å²) in [6, 6.07) is 22.3. The Labute approximate surface area is 179 Å². The maximum Gasteiger partial charge on any atom is 0.267 e. The highest BCUT2D eigenvalue weighted by Crippen LogP contribution is 2.24. The van der Waals surface area contributed by atoms with Crippen LogP contribution in [0.4, 0.5) is 5.69 Å². The molecule has 6 heteroatoms. The highest BCUT2D eigenvalue weighted by atomic mass is 35.5. The van der Waals surface area contributed by atoms with E-state index in [9.17, 15) is 4.79 Å². The van der Waals surface area contributed by atoms with Gasteiger partial charge in [0.2, 0.25) is 0 Å². The van der Waals surface area contributed by atoms with Crippen LogP contribution in [0.2, 0.25) is 5.02 Å². The third-order valence-corrected chi connectivity index (χ3v) is 4.87. The van der Waals surface area contributed by atoms with E-state index in [2.05, 4.69) is 10.3 Å². The van der Waals surface area contributed by atoms with Crippen LogP contribution in [0, 0.1) is 0 Å². The number of hydrogen-bond acceptors (Lipinski definition) is 4. The third kappa shape index (κ3) is 4.63. The molecule has 1 aromatic heterocycles. The first-order chi connectivity index (χ1) is 14.4. The van der Waals surface area contributed by atoms with E-state index in [1.165, 1.54) is 0 Å². The number of rotatable bonds is 6. The molecular weight excluding hydrogens is 400 g/mol. The van der Waals surface area contributed by atoms with Crippen molar-refractivity contribution < 1.29 is 13.9 Å². The lowest BCUT2D eigenvalue weighted by atomic mass is 10.1. The molecule has 1 N–H and O–H groups in total. The highest BCUT2D eigenvalue weighted by Gasteiger charge is 2.30. The van der Waals surface area contributed by atoms with Crippen molar-refractivity contribution in [1.29, 1.82) is 0 Å². The van der Waals surface area contributed by atoms with Crippen molar-refractivity contribution in [3.63, 3.8) is 0 Å². The van der Waals surface area contributed by atoms with Gasteiger partial charge in [0, 0.05) is 17.1 Å². The van der Waals surface area contributed by atoms with Crippen LogP contribution in [0.3, 0.4) is 0 Å². The van der Waals surface area contributed by atoms with Crippen LogP contribution in [0.25, 0.3) is 11.1 Å². The summed E-state index contributed by atoms with van der Waals surface area (Å²) in [5.41, 5.74) is 2.04. The van der Waals surface area contributed by atoms with Crippen molar-refractivity contribution in [2.24, 2.45) is 0 Å². The van der Waals surface area contributed by atoms with E-state index in [1.807, 2.05) is 30.3 Å². The van der Waals surface area contributed by atoms with Gasteiger partial charge in [0.15, 0.2) is 17.1 Å². The minimum Gasteiger partial charge on any atom is -0.478 e. The Bertz CT molecular complexity index is 1170. The first kappa shape index (κ1) is 20.0. The second-order valence-electron chi connectivity index (χ2n) is 7.47. The van der Waals surface area contributed by atoms with Crippen molar-refractivity contribution >= 4 is 34.3 Å². The minimum atomic E-state index is -1.08. The van der Waals surface area contributed by atoms with E-state index in [4.69, 9.17) is 20.8 Å². The molecule has 0 unspecified atom stereocenters. The van der Waals surface area contributed by atoms with Crippen LogP contribution in [-0.4, -0.2) is 16.5 Å². The fraction of sp³-hybridized carbons (Fsp3) is 0.167. The zero-order valence-electron chi connectivity index (χ0n) is 16.7. The molecule has 0 bridgehead atoms. The van der Waals surface area contributed by atoms with Gasteiger partial charge in [-0.05, 0) is 61.9 Å². The molecule has 0 saturated carbocycles. The number of aromatic nitrogens is 1. The molecule has 5 nitrogen and oxygen atoms in total. The van der Waals surface area contributed by atoms with Crippen molar-refractivity contribution in [2.45, 2.75) is 25.9 Å². The lowest BCUT2D eigenvalue weighted by molar-refractivity contribution is -0.128. The largest absolute Gasteiger partial charge is 0.478 e. The topological polar surface area (TPSA) is 64.4 Å². The van der Waals surface area contributed by atoms with Crippen molar-refractivity contribution in [3.8, 4) is 5.75 Å². The van der Waals surface area contributed by atoms with E-state index >= 15 is 0 Å². The van der Waals surface area contributed by atoms with Gasteiger partial charge in [-0.25, -0.2) is 4.98 Å². The van der Waals surface area contributed by atoms with Crippen molar-refractivity contribution in [2.75, 3.05) is 5.32 Å². The summed E-state index contributed by atoms with van der Waals surface area (Å²) >= 11 is 5.90. The van der Waals surface area contributed by atoms with Crippen LogP contribution in [0.15, 0.2) is 77.2 Å². The summed E-state index contributed by atoms with van der Waals surface area (Å²) in [4.78, 5) is 17.3. The zero-order valence-corrected chi connectivity index (χ0v) is 17.4. The van der Waals surface area contributed by atoms with Gasteiger partial charge >= 0.3 is 0 Å². The number of carbonyl (C=O) groups excluding carboxylic acids is 1. The molecule has 4 aromatic rings. The summed E-state index contributed by atoms with van der Waals surface area (Å²) in [6.45, 7) is 3.42. The molecule has 1 amide bonds. The molecule has 0 saturated heterocycles. The van der Waals surface area contributed by atoms with E-state index in [-0.39, 0.29) is 5.91 Å². The van der Waals surface area contributed by atoms with E-state index in [0.29, 0.717) is 39.9 Å². The molecule has 0 spiro atoms. The number of nitrogens with zero attached hydrogens (tertiary/aromatic N) is 1. The van der Waals surface area contributed by atoms with Gasteiger partial charge in [-0.2, -0.15) is 0 Å². The summed E-state index contributed by atoms with van der Waals surface area (Å²) in [7, 11) is 0.